The van der Waals surface area contributed by atoms with E-state index in [1.54, 1.807) is 0 Å². The van der Waals surface area contributed by atoms with Gasteiger partial charge in [-0.25, -0.2) is 0 Å². The fourth-order valence-corrected chi connectivity index (χ4v) is 2.26. The largest absolute Gasteiger partial charge is 0.322 e. The van der Waals surface area contributed by atoms with E-state index in [4.69, 9.17) is 0 Å². The quantitative estimate of drug-likeness (QED) is 0.873. The third kappa shape index (κ3) is 2.68. The Morgan fingerprint density at radius 1 is 1.05 bits per heavy atom. The molecule has 0 saturated heterocycles. The highest BCUT2D eigenvalue weighted by Gasteiger charge is 2.26. The van der Waals surface area contributed by atoms with E-state index >= 15 is 0 Å². The van der Waals surface area contributed by atoms with Crippen LogP contribution in [0.4, 0.5) is 5.69 Å². The van der Waals surface area contributed by atoms with Crippen molar-refractivity contribution in [1.29, 1.82) is 0 Å². The lowest BCUT2D eigenvalue weighted by atomic mass is 10.1. The van der Waals surface area contributed by atoms with E-state index in [2.05, 4.69) is 11.4 Å². The zero-order valence-electron chi connectivity index (χ0n) is 11.0. The fraction of sp³-hybridized carbons (Fsp3) is 0.235. The summed E-state index contributed by atoms with van der Waals surface area (Å²) >= 11 is 0. The molecule has 1 N–H and O–H groups in total. The fourth-order valence-electron chi connectivity index (χ4n) is 2.26. The first-order valence-corrected chi connectivity index (χ1v) is 6.71. The lowest BCUT2D eigenvalue weighted by molar-refractivity contribution is 0.102. The molecule has 0 aromatic heterocycles. The number of benzene rings is 2. The maximum Gasteiger partial charge on any atom is 0.255 e. The van der Waals surface area contributed by atoms with Gasteiger partial charge in [-0.05, 0) is 49.4 Å². The van der Waals surface area contributed by atoms with Crippen LogP contribution in [0.2, 0.25) is 0 Å². The maximum atomic E-state index is 12.2. The van der Waals surface area contributed by atoms with Gasteiger partial charge in [-0.3, -0.25) is 4.79 Å². The molecule has 96 valence electrons. The highest BCUT2D eigenvalue weighted by molar-refractivity contribution is 6.04. The summed E-state index contributed by atoms with van der Waals surface area (Å²) in [7, 11) is 0. The van der Waals surface area contributed by atoms with Crippen LogP contribution in [0.25, 0.3) is 0 Å². The van der Waals surface area contributed by atoms with Gasteiger partial charge < -0.3 is 5.32 Å². The average molecular weight is 251 g/mol. The second-order valence-electron chi connectivity index (χ2n) is 5.18. The number of hydrogen-bond acceptors (Lipinski definition) is 1. The Labute approximate surface area is 113 Å². The van der Waals surface area contributed by atoms with Gasteiger partial charge in [-0.2, -0.15) is 0 Å². The van der Waals surface area contributed by atoms with Gasteiger partial charge in [0.1, 0.15) is 0 Å². The van der Waals surface area contributed by atoms with Crippen LogP contribution in [-0.4, -0.2) is 5.91 Å². The van der Waals surface area contributed by atoms with Gasteiger partial charge in [-0.1, -0.05) is 35.9 Å². The smallest absolute Gasteiger partial charge is 0.255 e. The number of anilines is 1. The molecule has 0 unspecified atom stereocenters. The molecule has 2 heteroatoms. The first-order valence-electron chi connectivity index (χ1n) is 6.71. The number of para-hydroxylation sites is 1. The summed E-state index contributed by atoms with van der Waals surface area (Å²) in [5.41, 5.74) is 4.09. The number of hydrogen-bond donors (Lipinski definition) is 1. The summed E-state index contributed by atoms with van der Waals surface area (Å²) in [6.07, 6.45) is 2.47. The van der Waals surface area contributed by atoms with E-state index in [0.717, 1.165) is 11.3 Å². The third-order valence-electron chi connectivity index (χ3n) is 3.54. The Morgan fingerprint density at radius 3 is 2.42 bits per heavy atom. The van der Waals surface area contributed by atoms with Crippen LogP contribution in [0.3, 0.4) is 0 Å². The molecule has 2 aromatic carbocycles. The number of aryl methyl sites for hydroxylation is 1. The molecule has 1 saturated carbocycles. The van der Waals surface area contributed by atoms with Crippen LogP contribution in [0.1, 0.15) is 40.2 Å². The Hall–Kier alpha value is -2.09. The van der Waals surface area contributed by atoms with E-state index in [0.29, 0.717) is 11.5 Å². The summed E-state index contributed by atoms with van der Waals surface area (Å²) < 4.78 is 0. The van der Waals surface area contributed by atoms with E-state index < -0.39 is 0 Å². The molecule has 0 spiro atoms. The van der Waals surface area contributed by atoms with Crippen molar-refractivity contribution in [3.8, 4) is 0 Å². The number of rotatable bonds is 3. The van der Waals surface area contributed by atoms with Crippen molar-refractivity contribution in [3.05, 3.63) is 65.2 Å². The van der Waals surface area contributed by atoms with Crippen LogP contribution in [0, 0.1) is 6.92 Å². The maximum absolute atomic E-state index is 12.2. The SMILES string of the molecule is Cc1ccc(C(=O)Nc2ccccc2C2CC2)cc1. The van der Waals surface area contributed by atoms with Crippen molar-refractivity contribution in [1.82, 2.24) is 0 Å². The van der Waals surface area contributed by atoms with Gasteiger partial charge in [0.2, 0.25) is 0 Å². The minimum Gasteiger partial charge on any atom is -0.322 e. The third-order valence-corrected chi connectivity index (χ3v) is 3.54. The Morgan fingerprint density at radius 2 is 1.74 bits per heavy atom. The molecular formula is C17H17NO. The van der Waals surface area contributed by atoms with Crippen molar-refractivity contribution >= 4 is 11.6 Å². The van der Waals surface area contributed by atoms with Gasteiger partial charge in [0.25, 0.3) is 5.91 Å². The van der Waals surface area contributed by atoms with Gasteiger partial charge >= 0.3 is 0 Å². The first kappa shape index (κ1) is 12.0. The Balaban J connectivity index is 1.81. The van der Waals surface area contributed by atoms with Crippen molar-refractivity contribution in [2.75, 3.05) is 5.32 Å². The van der Waals surface area contributed by atoms with Crippen LogP contribution in [0.15, 0.2) is 48.5 Å². The van der Waals surface area contributed by atoms with E-state index in [-0.39, 0.29) is 5.91 Å². The topological polar surface area (TPSA) is 29.1 Å². The Bertz CT molecular complexity index is 597. The summed E-state index contributed by atoms with van der Waals surface area (Å²) in [6.45, 7) is 2.02. The molecule has 2 aromatic rings. The molecule has 1 aliphatic rings. The second kappa shape index (κ2) is 4.88. The van der Waals surface area contributed by atoms with Gasteiger partial charge in [0.15, 0.2) is 0 Å². The molecule has 0 aliphatic heterocycles. The zero-order chi connectivity index (χ0) is 13.2. The lowest BCUT2D eigenvalue weighted by Crippen LogP contribution is -2.13. The van der Waals surface area contributed by atoms with Crippen LogP contribution in [-0.2, 0) is 0 Å². The molecule has 0 radical (unpaired) electrons. The summed E-state index contributed by atoms with van der Waals surface area (Å²) in [4.78, 5) is 12.2. The normalized spacial score (nSPS) is 14.2. The van der Waals surface area contributed by atoms with Gasteiger partial charge in [0.05, 0.1) is 0 Å². The minimum absolute atomic E-state index is 0.0342. The number of nitrogens with one attached hydrogen (secondary N) is 1. The first-order chi connectivity index (χ1) is 9.24. The summed E-state index contributed by atoms with van der Waals surface area (Å²) in [5, 5.41) is 3.03. The van der Waals surface area contributed by atoms with E-state index in [1.807, 2.05) is 49.4 Å². The predicted molar refractivity (Wildman–Crippen MR) is 77.5 cm³/mol. The monoisotopic (exact) mass is 251 g/mol. The van der Waals surface area contributed by atoms with Crippen LogP contribution in [0.5, 0.6) is 0 Å². The summed E-state index contributed by atoms with van der Waals surface area (Å²) in [5.74, 6) is 0.600. The molecule has 2 nitrogen and oxygen atoms in total. The van der Waals surface area contributed by atoms with Crippen molar-refractivity contribution in [2.45, 2.75) is 25.7 Å². The molecule has 0 heterocycles. The standard InChI is InChI=1S/C17H17NO/c1-12-6-8-14(9-7-12)17(19)18-16-5-3-2-4-15(16)13-10-11-13/h2-9,13H,10-11H2,1H3,(H,18,19). The molecule has 19 heavy (non-hydrogen) atoms. The molecule has 0 atom stereocenters. The summed E-state index contributed by atoms with van der Waals surface area (Å²) in [6, 6.07) is 15.8. The predicted octanol–water partition coefficient (Wildman–Crippen LogP) is 4.12. The molecule has 0 bridgehead atoms. The van der Waals surface area contributed by atoms with Crippen LogP contribution >= 0.6 is 0 Å². The molecule has 1 amide bonds. The van der Waals surface area contributed by atoms with Crippen molar-refractivity contribution in [3.63, 3.8) is 0 Å². The minimum atomic E-state index is -0.0342. The van der Waals surface area contributed by atoms with Gasteiger partial charge in [-0.15, -0.1) is 0 Å². The second-order valence-corrected chi connectivity index (χ2v) is 5.18. The molecule has 1 fully saturated rings. The number of carbonyl (C=O) groups is 1. The highest BCUT2D eigenvalue weighted by Crippen LogP contribution is 2.43. The van der Waals surface area contributed by atoms with Crippen molar-refractivity contribution in [2.24, 2.45) is 0 Å². The van der Waals surface area contributed by atoms with E-state index in [9.17, 15) is 4.79 Å². The van der Waals surface area contributed by atoms with Gasteiger partial charge in [0, 0.05) is 11.3 Å². The number of amides is 1. The average Bonchev–Trinajstić information content (AvgIpc) is 3.24. The zero-order valence-corrected chi connectivity index (χ0v) is 11.0. The molecule has 3 rings (SSSR count). The lowest BCUT2D eigenvalue weighted by Gasteiger charge is -2.10. The Kier molecular flexibility index (Phi) is 3.08. The van der Waals surface area contributed by atoms with Crippen LogP contribution < -0.4 is 5.32 Å². The van der Waals surface area contributed by atoms with E-state index in [1.165, 1.54) is 18.4 Å². The van der Waals surface area contributed by atoms with Crippen molar-refractivity contribution < 1.29 is 4.79 Å². The number of carbonyl (C=O) groups excluding carboxylic acids is 1. The molecular weight excluding hydrogens is 234 g/mol. The highest BCUT2D eigenvalue weighted by atomic mass is 16.1. The molecule has 1 aliphatic carbocycles.